The molecule has 2 aliphatic rings. The second-order valence-electron chi connectivity index (χ2n) is 12.9. The minimum absolute atomic E-state index is 0.0678. The van der Waals surface area contributed by atoms with Gasteiger partial charge < -0.3 is 14.7 Å². The van der Waals surface area contributed by atoms with Gasteiger partial charge in [0.2, 0.25) is 0 Å². The van der Waals surface area contributed by atoms with E-state index in [0.717, 1.165) is 74.4 Å². The van der Waals surface area contributed by atoms with Gasteiger partial charge in [-0.3, -0.25) is 4.79 Å². The molecule has 45 heavy (non-hydrogen) atoms. The fourth-order valence-corrected chi connectivity index (χ4v) is 6.64. The summed E-state index contributed by atoms with van der Waals surface area (Å²) in [7, 11) is 0. The maximum atomic E-state index is 13.5. The van der Waals surface area contributed by atoms with Crippen molar-refractivity contribution >= 4 is 24.0 Å². The number of ether oxygens (including phenoxy) is 1. The zero-order chi connectivity index (χ0) is 32.1. The quantitative estimate of drug-likeness (QED) is 0.247. The summed E-state index contributed by atoms with van der Waals surface area (Å²) in [5.41, 5.74) is 1.75. The molecule has 0 radical (unpaired) electrons. The Morgan fingerprint density at radius 1 is 0.911 bits per heavy atom. The Balaban J connectivity index is 1.18. The molecule has 1 saturated carbocycles. The molecule has 3 aromatic carbocycles. The minimum Gasteiger partial charge on any atom is -0.478 e. The number of ketones is 1. The standard InChI is InChI=1S/C38H43F2NO4/c1-25-8-11-29-14-21-34(37(43)44)26(2)35(29)24-41(25)23-28-7-5-4-6-27(9-10-28)22-36(42)30-12-17-32(18-13-30)45-33-19-15-31(16-20-33)38(3,39)40/h11-21,24-25,27-28H,4-10,22-23H2,1-3H3,(H,43,44). The van der Waals surface area contributed by atoms with Crippen LogP contribution in [-0.4, -0.2) is 34.3 Å². The van der Waals surface area contributed by atoms with Crippen LogP contribution in [0.2, 0.25) is 0 Å². The largest absolute Gasteiger partial charge is 0.478 e. The third-order valence-electron chi connectivity index (χ3n) is 9.49. The molecular formula is C38H43F2NO4. The fraction of sp³-hybridized carbons (Fsp3) is 0.421. The number of carbonyl (C=O) groups excluding carboxylic acids is 1. The van der Waals surface area contributed by atoms with Crippen LogP contribution in [0.4, 0.5) is 8.78 Å². The summed E-state index contributed by atoms with van der Waals surface area (Å²) in [5.74, 6) is -1.81. The van der Waals surface area contributed by atoms with Gasteiger partial charge >= 0.3 is 5.97 Å². The third-order valence-corrected chi connectivity index (χ3v) is 9.49. The Kier molecular flexibility index (Phi) is 10.1. The number of carboxylic acids is 1. The first-order valence-electron chi connectivity index (χ1n) is 16.1. The number of nitrogens with zero attached hydrogens (tertiary/aromatic N) is 1. The number of carbonyl (C=O) groups is 2. The van der Waals surface area contributed by atoms with Gasteiger partial charge in [-0.05, 0) is 117 Å². The van der Waals surface area contributed by atoms with Crippen molar-refractivity contribution in [1.29, 1.82) is 0 Å². The molecule has 0 aromatic heterocycles. The molecule has 7 heteroatoms. The molecule has 1 heterocycles. The Morgan fingerprint density at radius 3 is 2.18 bits per heavy atom. The Bertz CT molecular complexity index is 1630. The number of aromatic carboxylic acids is 1. The first kappa shape index (κ1) is 32.4. The van der Waals surface area contributed by atoms with Crippen LogP contribution >= 0.6 is 0 Å². The van der Waals surface area contributed by atoms with Gasteiger partial charge in [0.05, 0.1) is 5.56 Å². The molecule has 0 bridgehead atoms. The van der Waals surface area contributed by atoms with E-state index in [1.54, 1.807) is 30.3 Å². The SMILES string of the molecule is Cc1c(C(=O)O)ccc2c1=CN(CC1CCCCC(CC(=O)c3ccc(Oc4ccc(C(C)(F)F)cc4)cc3)CC1)C(C)CC=2. The molecule has 1 N–H and O–H groups in total. The molecule has 3 atom stereocenters. The van der Waals surface area contributed by atoms with Crippen LogP contribution in [0, 0.1) is 18.8 Å². The van der Waals surface area contributed by atoms with E-state index in [1.807, 2.05) is 13.0 Å². The van der Waals surface area contributed by atoms with Crippen molar-refractivity contribution in [3.05, 3.63) is 93.4 Å². The Hall–Kier alpha value is -4.00. The molecule has 1 fully saturated rings. The van der Waals surface area contributed by atoms with E-state index in [2.05, 4.69) is 24.1 Å². The van der Waals surface area contributed by atoms with Crippen LogP contribution in [0.3, 0.4) is 0 Å². The van der Waals surface area contributed by atoms with Crippen LogP contribution in [0.25, 0.3) is 12.3 Å². The highest BCUT2D eigenvalue weighted by atomic mass is 19.3. The second-order valence-corrected chi connectivity index (χ2v) is 12.9. The monoisotopic (exact) mass is 615 g/mol. The van der Waals surface area contributed by atoms with E-state index in [4.69, 9.17) is 4.74 Å². The smallest absolute Gasteiger partial charge is 0.335 e. The number of hydrogen-bond acceptors (Lipinski definition) is 4. The highest BCUT2D eigenvalue weighted by molar-refractivity contribution is 5.96. The maximum absolute atomic E-state index is 13.5. The maximum Gasteiger partial charge on any atom is 0.335 e. The average molecular weight is 616 g/mol. The van der Waals surface area contributed by atoms with Crippen molar-refractivity contribution in [3.63, 3.8) is 0 Å². The van der Waals surface area contributed by atoms with E-state index in [9.17, 15) is 23.5 Å². The molecule has 5 nitrogen and oxygen atoms in total. The molecule has 0 saturated heterocycles. The fourth-order valence-electron chi connectivity index (χ4n) is 6.64. The summed E-state index contributed by atoms with van der Waals surface area (Å²) < 4.78 is 32.8. The highest BCUT2D eigenvalue weighted by Gasteiger charge is 2.25. The second kappa shape index (κ2) is 14.0. The number of fused-ring (bicyclic) bond motifs is 1. The first-order valence-corrected chi connectivity index (χ1v) is 16.1. The average Bonchev–Trinajstić information content (AvgIpc) is 3.15. The zero-order valence-corrected chi connectivity index (χ0v) is 26.4. The van der Waals surface area contributed by atoms with Crippen molar-refractivity contribution < 1.29 is 28.2 Å². The number of benzene rings is 3. The first-order chi connectivity index (χ1) is 21.5. The van der Waals surface area contributed by atoms with E-state index in [1.165, 1.54) is 24.3 Å². The normalized spacial score (nSPS) is 20.5. The summed E-state index contributed by atoms with van der Waals surface area (Å²) >= 11 is 0. The third kappa shape index (κ3) is 8.19. The van der Waals surface area contributed by atoms with Crippen LogP contribution in [-0.2, 0) is 5.92 Å². The van der Waals surface area contributed by atoms with Gasteiger partial charge in [0, 0.05) is 48.5 Å². The van der Waals surface area contributed by atoms with Gasteiger partial charge in [-0.2, -0.15) is 0 Å². The summed E-state index contributed by atoms with van der Waals surface area (Å²) in [6.07, 6.45) is 12.4. The van der Waals surface area contributed by atoms with Gasteiger partial charge in [-0.25, -0.2) is 13.6 Å². The number of halogens is 2. The molecule has 5 rings (SSSR count). The topological polar surface area (TPSA) is 66.8 Å². The summed E-state index contributed by atoms with van der Waals surface area (Å²) in [5, 5.41) is 11.7. The van der Waals surface area contributed by atoms with Crippen molar-refractivity contribution in [1.82, 2.24) is 4.90 Å². The van der Waals surface area contributed by atoms with Crippen LogP contribution in [0.15, 0.2) is 60.7 Å². The predicted octanol–water partition coefficient (Wildman–Crippen LogP) is 8.07. The lowest BCUT2D eigenvalue weighted by Crippen LogP contribution is -2.36. The van der Waals surface area contributed by atoms with E-state index in [0.29, 0.717) is 46.9 Å². The predicted molar refractivity (Wildman–Crippen MR) is 173 cm³/mol. The molecule has 1 aliphatic carbocycles. The van der Waals surface area contributed by atoms with E-state index >= 15 is 0 Å². The molecule has 238 valence electrons. The van der Waals surface area contributed by atoms with Crippen LogP contribution in [0.1, 0.15) is 97.1 Å². The van der Waals surface area contributed by atoms with E-state index < -0.39 is 11.9 Å². The van der Waals surface area contributed by atoms with Gasteiger partial charge in [0.15, 0.2) is 5.78 Å². The van der Waals surface area contributed by atoms with Crippen LogP contribution < -0.4 is 15.2 Å². The van der Waals surface area contributed by atoms with Crippen LogP contribution in [0.5, 0.6) is 11.5 Å². The molecule has 1 aliphatic heterocycles. The zero-order valence-electron chi connectivity index (χ0n) is 26.4. The van der Waals surface area contributed by atoms with Gasteiger partial charge in [0.25, 0.3) is 5.92 Å². The molecule has 3 unspecified atom stereocenters. The van der Waals surface area contributed by atoms with Gasteiger partial charge in [-0.15, -0.1) is 0 Å². The number of carboxylic acid groups (broad SMARTS) is 1. The molecule has 0 spiro atoms. The highest BCUT2D eigenvalue weighted by Crippen LogP contribution is 2.32. The Labute approximate surface area is 264 Å². The summed E-state index contributed by atoms with van der Waals surface area (Å²) in [4.78, 5) is 27.4. The number of Topliss-reactive ketones (excluding diaryl/α,β-unsaturated/α-hetero) is 1. The van der Waals surface area contributed by atoms with Crippen molar-refractivity contribution in [2.75, 3.05) is 6.54 Å². The van der Waals surface area contributed by atoms with Gasteiger partial charge in [-0.1, -0.05) is 31.4 Å². The number of rotatable bonds is 9. The Morgan fingerprint density at radius 2 is 1.53 bits per heavy atom. The molecular weight excluding hydrogens is 572 g/mol. The summed E-state index contributed by atoms with van der Waals surface area (Å²) in [6, 6.07) is 16.8. The molecule has 0 amide bonds. The molecule has 3 aromatic rings. The lowest BCUT2D eigenvalue weighted by atomic mass is 9.82. The lowest BCUT2D eigenvalue weighted by Gasteiger charge is -2.33. The van der Waals surface area contributed by atoms with Crippen molar-refractivity contribution in [3.8, 4) is 11.5 Å². The van der Waals surface area contributed by atoms with Crippen molar-refractivity contribution in [2.45, 2.75) is 84.1 Å². The lowest BCUT2D eigenvalue weighted by molar-refractivity contribution is 0.0174. The minimum atomic E-state index is -2.90. The number of hydrogen-bond donors (Lipinski definition) is 1. The van der Waals surface area contributed by atoms with Crippen molar-refractivity contribution in [2.24, 2.45) is 11.8 Å². The number of alkyl halides is 2. The summed E-state index contributed by atoms with van der Waals surface area (Å²) in [6.45, 7) is 5.92. The van der Waals surface area contributed by atoms with E-state index in [-0.39, 0.29) is 11.3 Å². The van der Waals surface area contributed by atoms with Gasteiger partial charge in [0.1, 0.15) is 11.5 Å².